The predicted octanol–water partition coefficient (Wildman–Crippen LogP) is 6.31. The third-order valence-corrected chi connectivity index (χ3v) is 6.77. The van der Waals surface area contributed by atoms with Crippen LogP contribution in [0, 0.1) is 5.82 Å². The molecule has 6 nitrogen and oxygen atoms in total. The smallest absolute Gasteiger partial charge is 0.326 e. The Hall–Kier alpha value is -2.17. The van der Waals surface area contributed by atoms with Crippen molar-refractivity contribution >= 4 is 66.8 Å². The van der Waals surface area contributed by atoms with Gasteiger partial charge in [0.2, 0.25) is 0 Å². The van der Waals surface area contributed by atoms with E-state index in [-0.39, 0.29) is 23.4 Å². The predicted molar refractivity (Wildman–Crippen MR) is 131 cm³/mol. The maximum absolute atomic E-state index is 13.1. The number of ether oxygens (including phenoxy) is 2. The molecule has 2 aromatic rings. The fourth-order valence-electron chi connectivity index (χ4n) is 2.80. The normalized spacial score (nSPS) is 15.8. The average Bonchev–Trinajstić information content (AvgIpc) is 3.01. The lowest BCUT2D eigenvalue weighted by Crippen LogP contribution is -2.35. The number of esters is 1. The summed E-state index contributed by atoms with van der Waals surface area (Å²) in [7, 11) is 0. The lowest BCUT2D eigenvalue weighted by Gasteiger charge is -2.14. The summed E-state index contributed by atoms with van der Waals surface area (Å²) in [5, 5.41) is -0.523. The fourth-order valence-corrected chi connectivity index (χ4v) is 5.09. The molecule has 1 saturated heterocycles. The van der Waals surface area contributed by atoms with Crippen LogP contribution < -0.4 is 4.74 Å². The van der Waals surface area contributed by atoms with E-state index in [1.807, 2.05) is 6.92 Å². The van der Waals surface area contributed by atoms with Gasteiger partial charge in [-0.25, -0.2) is 4.39 Å². The van der Waals surface area contributed by atoms with Crippen molar-refractivity contribution in [3.8, 4) is 5.75 Å². The van der Waals surface area contributed by atoms with E-state index in [1.54, 1.807) is 37.3 Å². The van der Waals surface area contributed by atoms with Gasteiger partial charge in [0, 0.05) is 0 Å². The highest BCUT2D eigenvalue weighted by molar-refractivity contribution is 9.11. The molecule has 10 heteroatoms. The van der Waals surface area contributed by atoms with Crippen LogP contribution in [0.2, 0.25) is 0 Å². The number of amides is 2. The molecule has 0 saturated carbocycles. The van der Waals surface area contributed by atoms with E-state index in [0.717, 1.165) is 22.2 Å². The monoisotopic (exact) mass is 599 g/mol. The zero-order chi connectivity index (χ0) is 24.1. The maximum atomic E-state index is 13.1. The topological polar surface area (TPSA) is 72.9 Å². The largest absolute Gasteiger partial charge is 0.487 e. The molecule has 1 aliphatic rings. The number of benzene rings is 2. The highest BCUT2D eigenvalue weighted by Gasteiger charge is 2.37. The third kappa shape index (κ3) is 6.68. The Morgan fingerprint density at radius 2 is 1.82 bits per heavy atom. The van der Waals surface area contributed by atoms with Crippen LogP contribution >= 0.6 is 43.6 Å². The van der Waals surface area contributed by atoms with Gasteiger partial charge in [0.15, 0.2) is 0 Å². The fraction of sp³-hybridized carbons (Fsp3) is 0.261. The molecule has 1 fully saturated rings. The van der Waals surface area contributed by atoms with Gasteiger partial charge in [-0.05, 0) is 98.4 Å². The number of thioether (sulfide) groups is 1. The third-order valence-electron chi connectivity index (χ3n) is 4.68. The quantitative estimate of drug-likeness (QED) is 0.261. The van der Waals surface area contributed by atoms with Crippen molar-refractivity contribution in [1.82, 2.24) is 4.90 Å². The summed E-state index contributed by atoms with van der Waals surface area (Å²) < 4.78 is 25.3. The van der Waals surface area contributed by atoms with Crippen LogP contribution in [0.5, 0.6) is 5.75 Å². The molecule has 0 spiro atoms. The lowest BCUT2D eigenvalue weighted by molar-refractivity contribution is -0.150. The van der Waals surface area contributed by atoms with Crippen molar-refractivity contribution in [3.05, 3.63) is 67.2 Å². The number of hydrogen-bond donors (Lipinski definition) is 0. The molecule has 0 N–H and O–H groups in total. The minimum Gasteiger partial charge on any atom is -0.487 e. The molecule has 0 radical (unpaired) electrons. The Kier molecular flexibility index (Phi) is 8.72. The number of carbonyl (C=O) groups is 3. The van der Waals surface area contributed by atoms with E-state index in [9.17, 15) is 18.8 Å². The molecule has 174 valence electrons. The maximum Gasteiger partial charge on any atom is 0.326 e. The highest BCUT2D eigenvalue weighted by Crippen LogP contribution is 2.38. The van der Waals surface area contributed by atoms with Crippen molar-refractivity contribution < 1.29 is 28.2 Å². The van der Waals surface area contributed by atoms with Crippen LogP contribution in [0.1, 0.15) is 31.4 Å². The first-order valence-electron chi connectivity index (χ1n) is 9.99. The van der Waals surface area contributed by atoms with Crippen LogP contribution in [0.4, 0.5) is 9.18 Å². The van der Waals surface area contributed by atoms with Gasteiger partial charge in [0.25, 0.3) is 11.1 Å². The highest BCUT2D eigenvalue weighted by atomic mass is 79.9. The van der Waals surface area contributed by atoms with Gasteiger partial charge < -0.3 is 9.47 Å². The van der Waals surface area contributed by atoms with Gasteiger partial charge in [-0.1, -0.05) is 19.1 Å². The van der Waals surface area contributed by atoms with Gasteiger partial charge >= 0.3 is 5.97 Å². The van der Waals surface area contributed by atoms with Crippen molar-refractivity contribution in [3.63, 3.8) is 0 Å². The molecular weight excluding hydrogens is 581 g/mol. The Morgan fingerprint density at radius 3 is 2.42 bits per heavy atom. The Morgan fingerprint density at radius 1 is 1.18 bits per heavy atom. The van der Waals surface area contributed by atoms with Crippen LogP contribution in [0.15, 0.2) is 50.2 Å². The second-order valence-corrected chi connectivity index (χ2v) is 9.91. The first kappa shape index (κ1) is 25.5. The zero-order valence-electron chi connectivity index (χ0n) is 17.8. The van der Waals surface area contributed by atoms with Crippen molar-refractivity contribution in [1.29, 1.82) is 0 Å². The SMILES string of the molecule is CC[C@@H](C)OC(=O)CN1C(=O)S/C(=C/c2cc(Br)c(OCc3ccc(F)cc3)c(Br)c2)C1=O. The molecule has 0 aromatic heterocycles. The van der Waals surface area contributed by atoms with E-state index in [1.165, 1.54) is 12.1 Å². The molecule has 33 heavy (non-hydrogen) atoms. The van der Waals surface area contributed by atoms with E-state index in [4.69, 9.17) is 9.47 Å². The summed E-state index contributed by atoms with van der Waals surface area (Å²) >= 11 is 7.68. The first-order valence-corrected chi connectivity index (χ1v) is 12.4. The van der Waals surface area contributed by atoms with E-state index >= 15 is 0 Å². The molecule has 1 atom stereocenters. The summed E-state index contributed by atoms with van der Waals surface area (Å²) in [6.45, 7) is 3.43. The minimum absolute atomic E-state index is 0.204. The second-order valence-electron chi connectivity index (χ2n) is 7.21. The molecule has 1 heterocycles. The number of imide groups is 1. The molecule has 1 aliphatic heterocycles. The van der Waals surface area contributed by atoms with Gasteiger partial charge in [-0.15, -0.1) is 0 Å². The first-order chi connectivity index (χ1) is 15.7. The molecule has 2 amide bonds. The van der Waals surface area contributed by atoms with E-state index < -0.39 is 23.7 Å². The van der Waals surface area contributed by atoms with E-state index in [0.29, 0.717) is 26.7 Å². The Labute approximate surface area is 211 Å². The van der Waals surface area contributed by atoms with Gasteiger partial charge in [0.05, 0.1) is 20.0 Å². The van der Waals surface area contributed by atoms with Gasteiger partial charge in [0.1, 0.15) is 24.7 Å². The van der Waals surface area contributed by atoms with Crippen molar-refractivity contribution in [2.24, 2.45) is 0 Å². The Balaban J connectivity index is 1.71. The summed E-state index contributed by atoms with van der Waals surface area (Å²) in [5.74, 6) is -0.948. The molecule has 0 bridgehead atoms. The number of halogens is 3. The van der Waals surface area contributed by atoms with Crippen molar-refractivity contribution in [2.45, 2.75) is 33.0 Å². The minimum atomic E-state index is -0.624. The lowest BCUT2D eigenvalue weighted by atomic mass is 10.2. The molecule has 0 unspecified atom stereocenters. The zero-order valence-corrected chi connectivity index (χ0v) is 21.8. The summed E-state index contributed by atoms with van der Waals surface area (Å²) in [6.07, 6.45) is 1.93. The molecular formula is C23H20Br2FNO5S. The number of nitrogens with zero attached hydrogens (tertiary/aromatic N) is 1. The van der Waals surface area contributed by atoms with Crippen LogP contribution in [0.3, 0.4) is 0 Å². The van der Waals surface area contributed by atoms with Gasteiger partial charge in [-0.3, -0.25) is 19.3 Å². The standard InChI is InChI=1S/C23H20Br2FNO5S/c1-3-13(2)32-20(28)11-27-22(29)19(33-23(27)30)10-15-8-17(24)21(18(25)9-15)31-12-14-4-6-16(26)7-5-14/h4-10,13H,3,11-12H2,1-2H3/b19-10+/t13-/m1/s1. The number of carbonyl (C=O) groups excluding carboxylic acids is 3. The number of hydrogen-bond acceptors (Lipinski definition) is 6. The van der Waals surface area contributed by atoms with Crippen molar-refractivity contribution in [2.75, 3.05) is 6.54 Å². The summed E-state index contributed by atoms with van der Waals surface area (Å²) in [6, 6.07) is 9.50. The summed E-state index contributed by atoms with van der Waals surface area (Å²) in [4.78, 5) is 38.0. The summed E-state index contributed by atoms with van der Waals surface area (Å²) in [5.41, 5.74) is 1.45. The average molecular weight is 601 g/mol. The van der Waals surface area contributed by atoms with Crippen LogP contribution in [0.25, 0.3) is 6.08 Å². The van der Waals surface area contributed by atoms with Crippen LogP contribution in [-0.2, 0) is 20.9 Å². The Bertz CT molecular complexity index is 1080. The van der Waals surface area contributed by atoms with Crippen LogP contribution in [-0.4, -0.2) is 34.7 Å². The molecule has 0 aliphatic carbocycles. The molecule has 2 aromatic carbocycles. The molecule has 3 rings (SSSR count). The second kappa shape index (κ2) is 11.3. The van der Waals surface area contributed by atoms with E-state index in [2.05, 4.69) is 31.9 Å². The number of rotatable bonds is 8. The van der Waals surface area contributed by atoms with Gasteiger partial charge in [-0.2, -0.15) is 0 Å².